The highest BCUT2D eigenvalue weighted by Gasteiger charge is 2.16. The number of rotatable bonds is 4. The summed E-state index contributed by atoms with van der Waals surface area (Å²) >= 11 is 0. The Bertz CT molecular complexity index is 1000. The van der Waals surface area contributed by atoms with Crippen molar-refractivity contribution >= 4 is 23.2 Å². The Hall–Kier alpha value is -3.68. The number of hydrogen-bond acceptors (Lipinski definition) is 3. The molecule has 0 aliphatic heterocycles. The fourth-order valence-corrected chi connectivity index (χ4v) is 2.26. The SMILES string of the molecule is O=C(Nc1c(F)cccc1F)c1ccnc(C(=O)Nc2cccc(F)c2)c1. The molecule has 1 heterocycles. The minimum Gasteiger partial charge on any atom is -0.321 e. The van der Waals surface area contributed by atoms with Gasteiger partial charge >= 0.3 is 0 Å². The number of carbonyl (C=O) groups excluding carboxylic acids is 2. The molecule has 0 atom stereocenters. The van der Waals surface area contributed by atoms with Crippen LogP contribution in [0.25, 0.3) is 0 Å². The fraction of sp³-hybridized carbons (Fsp3) is 0. The van der Waals surface area contributed by atoms with Gasteiger partial charge in [0.05, 0.1) is 0 Å². The third kappa shape index (κ3) is 4.30. The molecule has 2 amide bonds. The first kappa shape index (κ1) is 18.1. The van der Waals surface area contributed by atoms with E-state index in [0.29, 0.717) is 0 Å². The van der Waals surface area contributed by atoms with E-state index in [-0.39, 0.29) is 16.9 Å². The van der Waals surface area contributed by atoms with Crippen LogP contribution in [0.5, 0.6) is 0 Å². The predicted molar refractivity (Wildman–Crippen MR) is 92.9 cm³/mol. The van der Waals surface area contributed by atoms with Crippen LogP contribution in [0.2, 0.25) is 0 Å². The van der Waals surface area contributed by atoms with Crippen molar-refractivity contribution < 1.29 is 22.8 Å². The number of aromatic nitrogens is 1. The minimum absolute atomic E-state index is 0.0305. The molecule has 136 valence electrons. The first-order chi connectivity index (χ1) is 12.9. The summed E-state index contributed by atoms with van der Waals surface area (Å²) in [6, 6.07) is 10.9. The first-order valence-electron chi connectivity index (χ1n) is 7.72. The summed E-state index contributed by atoms with van der Waals surface area (Å²) in [5.74, 6) is -3.88. The van der Waals surface area contributed by atoms with Crippen LogP contribution in [-0.4, -0.2) is 16.8 Å². The zero-order valence-electron chi connectivity index (χ0n) is 13.7. The number of halogens is 3. The lowest BCUT2D eigenvalue weighted by atomic mass is 10.2. The lowest BCUT2D eigenvalue weighted by Crippen LogP contribution is -2.18. The number of benzene rings is 2. The number of carbonyl (C=O) groups is 2. The van der Waals surface area contributed by atoms with Crippen molar-refractivity contribution in [3.05, 3.63) is 89.5 Å². The number of amides is 2. The Labute approximate surface area is 151 Å². The molecule has 0 fully saturated rings. The third-order valence-corrected chi connectivity index (χ3v) is 3.54. The van der Waals surface area contributed by atoms with Gasteiger partial charge in [-0.25, -0.2) is 13.2 Å². The second-order valence-electron chi connectivity index (χ2n) is 5.45. The minimum atomic E-state index is -0.929. The van der Waals surface area contributed by atoms with Crippen molar-refractivity contribution in [2.24, 2.45) is 0 Å². The molecular formula is C19H12F3N3O2. The molecule has 0 aliphatic carbocycles. The van der Waals surface area contributed by atoms with Crippen molar-refractivity contribution in [1.29, 1.82) is 0 Å². The molecule has 2 aromatic carbocycles. The summed E-state index contributed by atoms with van der Waals surface area (Å²) in [6.45, 7) is 0. The molecule has 0 unspecified atom stereocenters. The molecule has 2 N–H and O–H groups in total. The van der Waals surface area contributed by atoms with Gasteiger partial charge in [-0.1, -0.05) is 12.1 Å². The molecular weight excluding hydrogens is 359 g/mol. The second-order valence-corrected chi connectivity index (χ2v) is 5.45. The van der Waals surface area contributed by atoms with Gasteiger partial charge in [0.2, 0.25) is 0 Å². The van der Waals surface area contributed by atoms with E-state index in [1.54, 1.807) is 0 Å². The smallest absolute Gasteiger partial charge is 0.274 e. The van der Waals surface area contributed by atoms with Crippen LogP contribution in [0, 0.1) is 17.5 Å². The lowest BCUT2D eigenvalue weighted by Gasteiger charge is -2.09. The highest BCUT2D eigenvalue weighted by molar-refractivity contribution is 6.07. The van der Waals surface area contributed by atoms with Gasteiger partial charge in [-0.3, -0.25) is 14.6 Å². The van der Waals surface area contributed by atoms with Gasteiger partial charge in [0.1, 0.15) is 28.8 Å². The van der Waals surface area contributed by atoms with Crippen molar-refractivity contribution in [2.45, 2.75) is 0 Å². The zero-order chi connectivity index (χ0) is 19.4. The second kappa shape index (κ2) is 7.69. The highest BCUT2D eigenvalue weighted by atomic mass is 19.1. The Morgan fingerprint density at radius 1 is 0.815 bits per heavy atom. The molecule has 1 aromatic heterocycles. The first-order valence-corrected chi connectivity index (χ1v) is 7.72. The van der Waals surface area contributed by atoms with E-state index >= 15 is 0 Å². The number of para-hydroxylation sites is 1. The average Bonchev–Trinajstić information content (AvgIpc) is 2.65. The van der Waals surface area contributed by atoms with Gasteiger partial charge < -0.3 is 10.6 Å². The van der Waals surface area contributed by atoms with E-state index < -0.39 is 35.0 Å². The molecule has 0 spiro atoms. The van der Waals surface area contributed by atoms with E-state index in [4.69, 9.17) is 0 Å². The Morgan fingerprint density at radius 3 is 2.22 bits per heavy atom. The highest BCUT2D eigenvalue weighted by Crippen LogP contribution is 2.19. The summed E-state index contributed by atoms with van der Waals surface area (Å²) in [4.78, 5) is 28.3. The quantitative estimate of drug-likeness (QED) is 0.728. The van der Waals surface area contributed by atoms with E-state index in [9.17, 15) is 22.8 Å². The van der Waals surface area contributed by atoms with Crippen LogP contribution in [0.3, 0.4) is 0 Å². The molecule has 27 heavy (non-hydrogen) atoms. The third-order valence-electron chi connectivity index (χ3n) is 3.54. The molecule has 8 heteroatoms. The Balaban J connectivity index is 1.78. The monoisotopic (exact) mass is 371 g/mol. The largest absolute Gasteiger partial charge is 0.321 e. The van der Waals surface area contributed by atoms with Gasteiger partial charge in [0.25, 0.3) is 11.8 Å². The molecule has 0 saturated heterocycles. The predicted octanol–water partition coefficient (Wildman–Crippen LogP) is 4.00. The lowest BCUT2D eigenvalue weighted by molar-refractivity contribution is 0.102. The van der Waals surface area contributed by atoms with Crippen molar-refractivity contribution in [1.82, 2.24) is 4.98 Å². The van der Waals surface area contributed by atoms with Gasteiger partial charge in [-0.2, -0.15) is 0 Å². The summed E-state index contributed by atoms with van der Waals surface area (Å²) in [7, 11) is 0. The number of anilines is 2. The molecule has 3 aromatic rings. The molecule has 0 saturated carbocycles. The summed E-state index contributed by atoms with van der Waals surface area (Å²) in [5.41, 5.74) is -0.534. The van der Waals surface area contributed by atoms with Gasteiger partial charge in [0.15, 0.2) is 0 Å². The van der Waals surface area contributed by atoms with Crippen LogP contribution in [-0.2, 0) is 0 Å². The average molecular weight is 371 g/mol. The van der Waals surface area contributed by atoms with Crippen molar-refractivity contribution in [3.8, 4) is 0 Å². The number of hydrogen-bond donors (Lipinski definition) is 2. The van der Waals surface area contributed by atoms with Crippen LogP contribution in [0.4, 0.5) is 24.5 Å². The molecule has 0 radical (unpaired) electrons. The molecule has 0 bridgehead atoms. The van der Waals surface area contributed by atoms with Crippen LogP contribution in [0.1, 0.15) is 20.8 Å². The van der Waals surface area contributed by atoms with Crippen LogP contribution < -0.4 is 10.6 Å². The summed E-state index contributed by atoms with van der Waals surface area (Å²) in [6.07, 6.45) is 1.20. The van der Waals surface area contributed by atoms with Gasteiger partial charge in [-0.05, 0) is 42.5 Å². The van der Waals surface area contributed by atoms with Crippen molar-refractivity contribution in [2.75, 3.05) is 10.6 Å². The van der Waals surface area contributed by atoms with Crippen LogP contribution >= 0.6 is 0 Å². The fourth-order valence-electron chi connectivity index (χ4n) is 2.26. The van der Waals surface area contributed by atoms with Gasteiger partial charge in [0, 0.05) is 17.4 Å². The van der Waals surface area contributed by atoms with E-state index in [1.807, 2.05) is 0 Å². The van der Waals surface area contributed by atoms with Crippen molar-refractivity contribution in [3.63, 3.8) is 0 Å². The molecule has 3 rings (SSSR count). The molecule has 0 aliphatic rings. The maximum atomic E-state index is 13.6. The normalized spacial score (nSPS) is 10.3. The maximum Gasteiger partial charge on any atom is 0.274 e. The number of nitrogens with zero attached hydrogens (tertiary/aromatic N) is 1. The maximum absolute atomic E-state index is 13.6. The van der Waals surface area contributed by atoms with E-state index in [2.05, 4.69) is 15.6 Å². The Morgan fingerprint density at radius 2 is 1.52 bits per heavy atom. The van der Waals surface area contributed by atoms with Gasteiger partial charge in [-0.15, -0.1) is 0 Å². The van der Waals surface area contributed by atoms with E-state index in [1.165, 1.54) is 36.5 Å². The number of pyridine rings is 1. The molecule has 5 nitrogen and oxygen atoms in total. The zero-order valence-corrected chi connectivity index (χ0v) is 13.7. The Kier molecular flexibility index (Phi) is 5.16. The standard InChI is InChI=1S/C19H12F3N3O2/c20-12-3-1-4-13(10-12)24-19(27)16-9-11(7-8-23-16)18(26)25-17-14(21)5-2-6-15(17)22/h1-10H,(H,24,27)(H,25,26). The van der Waals surface area contributed by atoms with Crippen LogP contribution in [0.15, 0.2) is 60.8 Å². The summed E-state index contributed by atoms with van der Waals surface area (Å²) in [5, 5.41) is 4.56. The van der Waals surface area contributed by atoms with E-state index in [0.717, 1.165) is 24.3 Å². The topological polar surface area (TPSA) is 71.1 Å². The summed E-state index contributed by atoms with van der Waals surface area (Å²) < 4.78 is 40.5. The number of nitrogens with one attached hydrogen (secondary N) is 2.